The Kier molecular flexibility index (Phi) is 5.60. The van der Waals surface area contributed by atoms with Gasteiger partial charge in [-0.2, -0.15) is 0 Å². The number of hydrogen-bond acceptors (Lipinski definition) is 4. The fraction of sp³-hybridized carbons (Fsp3) is 0.190. The van der Waals surface area contributed by atoms with Gasteiger partial charge in [0.25, 0.3) is 5.56 Å². The van der Waals surface area contributed by atoms with E-state index in [1.165, 1.54) is 21.9 Å². The lowest BCUT2D eigenvalue weighted by atomic mass is 10.1. The van der Waals surface area contributed by atoms with Gasteiger partial charge >= 0.3 is 5.69 Å². The number of nitrogens with one attached hydrogen (secondary N) is 1. The van der Waals surface area contributed by atoms with Gasteiger partial charge in [0.1, 0.15) is 0 Å². The SMILES string of the molecule is Cn1c(=O)[nH]c(=O)c2c1nc(SCc1ccc(Cl)cc1)n2CCc1ccccc1. The van der Waals surface area contributed by atoms with Gasteiger partial charge in [-0.05, 0) is 29.7 Å². The van der Waals surface area contributed by atoms with Crippen LogP contribution in [0.25, 0.3) is 11.2 Å². The summed E-state index contributed by atoms with van der Waals surface area (Å²) in [7, 11) is 1.61. The Morgan fingerprint density at radius 1 is 1.03 bits per heavy atom. The van der Waals surface area contributed by atoms with E-state index in [1.54, 1.807) is 7.05 Å². The number of halogens is 1. The van der Waals surface area contributed by atoms with Gasteiger partial charge in [-0.3, -0.25) is 14.3 Å². The highest BCUT2D eigenvalue weighted by atomic mass is 35.5. The molecular formula is C21H19ClN4O2S. The molecule has 0 aliphatic heterocycles. The van der Waals surface area contributed by atoms with E-state index >= 15 is 0 Å². The summed E-state index contributed by atoms with van der Waals surface area (Å²) >= 11 is 7.49. The molecule has 1 N–H and O–H groups in total. The fourth-order valence-electron chi connectivity index (χ4n) is 3.15. The molecule has 2 aromatic carbocycles. The number of aromatic nitrogens is 4. The first-order valence-electron chi connectivity index (χ1n) is 9.13. The van der Waals surface area contributed by atoms with Crippen molar-refractivity contribution in [3.8, 4) is 0 Å². The van der Waals surface area contributed by atoms with Gasteiger partial charge in [0.05, 0.1) is 0 Å². The average Bonchev–Trinajstić information content (AvgIpc) is 3.10. The Morgan fingerprint density at radius 3 is 2.48 bits per heavy atom. The summed E-state index contributed by atoms with van der Waals surface area (Å²) < 4.78 is 3.28. The smallest absolute Gasteiger partial charge is 0.313 e. The Balaban J connectivity index is 1.72. The van der Waals surface area contributed by atoms with Crippen molar-refractivity contribution in [3.05, 3.63) is 91.6 Å². The van der Waals surface area contributed by atoms with Crippen LogP contribution in [0.1, 0.15) is 11.1 Å². The molecule has 0 radical (unpaired) electrons. The number of aryl methyl sites for hydroxylation is 3. The van der Waals surface area contributed by atoms with Crippen LogP contribution in [0.3, 0.4) is 0 Å². The predicted molar refractivity (Wildman–Crippen MR) is 117 cm³/mol. The van der Waals surface area contributed by atoms with Crippen molar-refractivity contribution in [3.63, 3.8) is 0 Å². The minimum Gasteiger partial charge on any atom is -0.313 e. The van der Waals surface area contributed by atoms with Crippen molar-refractivity contribution in [2.24, 2.45) is 7.05 Å². The van der Waals surface area contributed by atoms with Crippen molar-refractivity contribution in [2.75, 3.05) is 0 Å². The summed E-state index contributed by atoms with van der Waals surface area (Å²) in [6.07, 6.45) is 0.753. The lowest BCUT2D eigenvalue weighted by Crippen LogP contribution is -2.29. The highest BCUT2D eigenvalue weighted by Crippen LogP contribution is 2.26. The number of fused-ring (bicyclic) bond motifs is 1. The first-order chi connectivity index (χ1) is 14.0. The highest BCUT2D eigenvalue weighted by Gasteiger charge is 2.17. The number of aromatic amines is 1. The van der Waals surface area contributed by atoms with E-state index in [9.17, 15) is 9.59 Å². The molecular weight excluding hydrogens is 408 g/mol. The number of rotatable bonds is 6. The molecule has 4 aromatic rings. The monoisotopic (exact) mass is 426 g/mol. The zero-order valence-corrected chi connectivity index (χ0v) is 17.3. The Hall–Kier alpha value is -2.77. The van der Waals surface area contributed by atoms with E-state index < -0.39 is 11.2 Å². The van der Waals surface area contributed by atoms with E-state index in [1.807, 2.05) is 47.0 Å². The summed E-state index contributed by atoms with van der Waals surface area (Å²) in [6, 6.07) is 17.7. The molecule has 0 unspecified atom stereocenters. The maximum absolute atomic E-state index is 12.6. The second-order valence-corrected chi connectivity index (χ2v) is 8.07. The summed E-state index contributed by atoms with van der Waals surface area (Å²) in [6.45, 7) is 0.588. The summed E-state index contributed by atoms with van der Waals surface area (Å²) in [5.41, 5.74) is 2.20. The number of imidazole rings is 1. The van der Waals surface area contributed by atoms with Crippen molar-refractivity contribution in [1.29, 1.82) is 0 Å². The standard InChI is InChI=1S/C21H19ClN4O2S/c1-25-18-17(19(27)24-20(25)28)26(12-11-14-5-3-2-4-6-14)21(23-18)29-13-15-7-9-16(22)10-8-15/h2-10H,11-13H2,1H3,(H,24,27,28). The third-order valence-electron chi connectivity index (χ3n) is 4.72. The Bertz CT molecular complexity index is 1260. The van der Waals surface area contributed by atoms with Crippen LogP contribution in [0.4, 0.5) is 0 Å². The highest BCUT2D eigenvalue weighted by molar-refractivity contribution is 7.98. The largest absolute Gasteiger partial charge is 0.329 e. The Labute approximate surface area is 176 Å². The minimum absolute atomic E-state index is 0.394. The third kappa shape index (κ3) is 4.16. The van der Waals surface area contributed by atoms with Crippen LogP contribution in [-0.2, 0) is 25.8 Å². The topological polar surface area (TPSA) is 72.7 Å². The van der Waals surface area contributed by atoms with E-state index in [-0.39, 0.29) is 0 Å². The van der Waals surface area contributed by atoms with Crippen LogP contribution in [0.15, 0.2) is 69.3 Å². The van der Waals surface area contributed by atoms with E-state index in [2.05, 4.69) is 22.1 Å². The van der Waals surface area contributed by atoms with Gasteiger partial charge in [-0.1, -0.05) is 65.8 Å². The molecule has 8 heteroatoms. The lowest BCUT2D eigenvalue weighted by molar-refractivity contribution is 0.650. The molecule has 0 atom stereocenters. The van der Waals surface area contributed by atoms with E-state index in [0.717, 1.165) is 12.0 Å². The molecule has 6 nitrogen and oxygen atoms in total. The summed E-state index contributed by atoms with van der Waals surface area (Å²) in [5.74, 6) is 0.678. The maximum atomic E-state index is 12.6. The minimum atomic E-state index is -0.468. The molecule has 0 amide bonds. The van der Waals surface area contributed by atoms with Crippen molar-refractivity contribution in [2.45, 2.75) is 23.9 Å². The molecule has 0 bridgehead atoms. The predicted octanol–water partition coefficient (Wildman–Crippen LogP) is 3.61. The molecule has 148 valence electrons. The molecule has 29 heavy (non-hydrogen) atoms. The molecule has 0 aliphatic carbocycles. The van der Waals surface area contributed by atoms with Crippen molar-refractivity contribution < 1.29 is 0 Å². The zero-order valence-electron chi connectivity index (χ0n) is 15.8. The van der Waals surface area contributed by atoms with E-state index in [0.29, 0.717) is 33.6 Å². The van der Waals surface area contributed by atoms with Crippen LogP contribution < -0.4 is 11.2 Å². The molecule has 2 heterocycles. The Morgan fingerprint density at radius 2 is 1.76 bits per heavy atom. The molecule has 0 aliphatic rings. The van der Waals surface area contributed by atoms with Crippen LogP contribution in [0.2, 0.25) is 5.02 Å². The molecule has 2 aromatic heterocycles. The van der Waals surface area contributed by atoms with Crippen LogP contribution >= 0.6 is 23.4 Å². The van der Waals surface area contributed by atoms with Crippen molar-refractivity contribution in [1.82, 2.24) is 19.1 Å². The average molecular weight is 427 g/mol. The van der Waals surface area contributed by atoms with Crippen LogP contribution in [-0.4, -0.2) is 19.1 Å². The second-order valence-electron chi connectivity index (χ2n) is 6.69. The molecule has 0 spiro atoms. The van der Waals surface area contributed by atoms with Crippen LogP contribution in [0.5, 0.6) is 0 Å². The molecule has 0 saturated heterocycles. The normalized spacial score (nSPS) is 11.2. The first kappa shape index (κ1) is 19.5. The fourth-order valence-corrected chi connectivity index (χ4v) is 4.25. The lowest BCUT2D eigenvalue weighted by Gasteiger charge is -2.09. The second kappa shape index (κ2) is 8.31. The van der Waals surface area contributed by atoms with Gasteiger partial charge in [-0.25, -0.2) is 9.78 Å². The van der Waals surface area contributed by atoms with Gasteiger partial charge in [0.15, 0.2) is 16.3 Å². The van der Waals surface area contributed by atoms with Gasteiger partial charge in [-0.15, -0.1) is 0 Å². The summed E-state index contributed by atoms with van der Waals surface area (Å²) in [5, 5.41) is 1.40. The number of H-pyrrole nitrogens is 1. The van der Waals surface area contributed by atoms with Gasteiger partial charge in [0, 0.05) is 24.4 Å². The zero-order chi connectivity index (χ0) is 20.4. The number of nitrogens with zero attached hydrogens (tertiary/aromatic N) is 3. The van der Waals surface area contributed by atoms with Gasteiger partial charge < -0.3 is 4.57 Å². The van der Waals surface area contributed by atoms with Crippen LogP contribution in [0, 0.1) is 0 Å². The number of benzene rings is 2. The number of hydrogen-bond donors (Lipinski definition) is 1. The molecule has 0 fully saturated rings. The molecule has 0 saturated carbocycles. The number of thioether (sulfide) groups is 1. The van der Waals surface area contributed by atoms with E-state index in [4.69, 9.17) is 11.6 Å². The summed E-state index contributed by atoms with van der Waals surface area (Å²) in [4.78, 5) is 31.6. The third-order valence-corrected chi connectivity index (χ3v) is 6.02. The quantitative estimate of drug-likeness (QED) is 0.478. The maximum Gasteiger partial charge on any atom is 0.329 e. The molecule has 4 rings (SSSR count). The van der Waals surface area contributed by atoms with Crippen molar-refractivity contribution >= 4 is 34.5 Å². The van der Waals surface area contributed by atoms with Gasteiger partial charge in [0.2, 0.25) is 0 Å². The first-order valence-corrected chi connectivity index (χ1v) is 10.5.